The van der Waals surface area contributed by atoms with E-state index >= 15 is 0 Å². The average molecular weight is 272 g/mol. The second kappa shape index (κ2) is 7.17. The van der Waals surface area contributed by atoms with Crippen molar-refractivity contribution >= 4 is 0 Å². The van der Waals surface area contributed by atoms with Crippen molar-refractivity contribution in [2.45, 2.75) is 12.5 Å². The van der Waals surface area contributed by atoms with E-state index in [2.05, 4.69) is 17.0 Å². The van der Waals surface area contributed by atoms with E-state index in [9.17, 15) is 4.39 Å². The van der Waals surface area contributed by atoms with Crippen molar-refractivity contribution in [3.05, 3.63) is 71.5 Å². The topological polar surface area (TPSA) is 29.3 Å². The van der Waals surface area contributed by atoms with E-state index < -0.39 is 0 Å². The van der Waals surface area contributed by atoms with Crippen LogP contribution in [0.15, 0.2) is 54.6 Å². The summed E-state index contributed by atoms with van der Waals surface area (Å²) >= 11 is 0. The number of nitrogens with two attached hydrogens (primary N) is 1. The number of hydrogen-bond donors (Lipinski definition) is 1. The predicted octanol–water partition coefficient (Wildman–Crippen LogP) is 3.00. The Morgan fingerprint density at radius 3 is 2.35 bits per heavy atom. The Labute approximate surface area is 120 Å². The number of benzene rings is 2. The molecule has 0 radical (unpaired) electrons. The Morgan fingerprint density at radius 1 is 1.05 bits per heavy atom. The van der Waals surface area contributed by atoms with Gasteiger partial charge >= 0.3 is 0 Å². The van der Waals surface area contributed by atoms with Gasteiger partial charge in [-0.25, -0.2) is 4.39 Å². The minimum Gasteiger partial charge on any atom is -0.330 e. The molecule has 0 heterocycles. The van der Waals surface area contributed by atoms with Crippen molar-refractivity contribution in [2.75, 3.05) is 20.1 Å². The van der Waals surface area contributed by atoms with Crippen LogP contribution in [0.4, 0.5) is 4.39 Å². The van der Waals surface area contributed by atoms with Crippen LogP contribution in [0.25, 0.3) is 0 Å². The van der Waals surface area contributed by atoms with E-state index in [0.717, 1.165) is 12.1 Å². The van der Waals surface area contributed by atoms with Crippen LogP contribution in [-0.4, -0.2) is 25.0 Å². The Kier molecular flexibility index (Phi) is 5.27. The first-order valence-corrected chi connectivity index (χ1v) is 6.87. The fraction of sp³-hybridized carbons (Fsp3) is 0.294. The summed E-state index contributed by atoms with van der Waals surface area (Å²) in [5.74, 6) is 0.122. The highest BCUT2D eigenvalue weighted by molar-refractivity contribution is 5.21. The molecule has 0 amide bonds. The molecule has 20 heavy (non-hydrogen) atoms. The van der Waals surface area contributed by atoms with E-state index in [-0.39, 0.29) is 11.7 Å². The number of hydrogen-bond acceptors (Lipinski definition) is 2. The zero-order valence-corrected chi connectivity index (χ0v) is 11.8. The van der Waals surface area contributed by atoms with Gasteiger partial charge in [0.2, 0.25) is 0 Å². The summed E-state index contributed by atoms with van der Waals surface area (Å²) in [7, 11) is 2.00. The molecule has 2 rings (SSSR count). The molecule has 0 aliphatic rings. The SMILES string of the molecule is CN(Cc1ccccc1F)CC(CN)c1ccccc1. The van der Waals surface area contributed by atoms with Gasteiger partial charge in [0.25, 0.3) is 0 Å². The first-order chi connectivity index (χ1) is 9.70. The van der Waals surface area contributed by atoms with Gasteiger partial charge in [-0.05, 0) is 18.7 Å². The van der Waals surface area contributed by atoms with Crippen molar-refractivity contribution in [3.63, 3.8) is 0 Å². The number of halogens is 1. The summed E-state index contributed by atoms with van der Waals surface area (Å²) < 4.78 is 13.6. The van der Waals surface area contributed by atoms with Gasteiger partial charge < -0.3 is 10.6 Å². The lowest BCUT2D eigenvalue weighted by atomic mass is 9.98. The third-order valence-electron chi connectivity index (χ3n) is 3.49. The summed E-state index contributed by atoms with van der Waals surface area (Å²) in [4.78, 5) is 2.11. The summed E-state index contributed by atoms with van der Waals surface area (Å²) in [6.45, 7) is 2.00. The molecule has 0 saturated carbocycles. The van der Waals surface area contributed by atoms with Crippen molar-refractivity contribution < 1.29 is 4.39 Å². The molecular weight excluding hydrogens is 251 g/mol. The monoisotopic (exact) mass is 272 g/mol. The molecule has 0 aliphatic heterocycles. The van der Waals surface area contributed by atoms with Gasteiger partial charge in [0, 0.05) is 31.1 Å². The lowest BCUT2D eigenvalue weighted by Gasteiger charge is -2.23. The summed E-state index contributed by atoms with van der Waals surface area (Å²) in [5, 5.41) is 0. The van der Waals surface area contributed by atoms with Crippen LogP contribution in [0.2, 0.25) is 0 Å². The number of rotatable bonds is 6. The fourth-order valence-electron chi connectivity index (χ4n) is 2.40. The maximum Gasteiger partial charge on any atom is 0.127 e. The fourth-order valence-corrected chi connectivity index (χ4v) is 2.40. The van der Waals surface area contributed by atoms with E-state index in [4.69, 9.17) is 5.73 Å². The third kappa shape index (κ3) is 3.89. The van der Waals surface area contributed by atoms with Crippen LogP contribution in [0.3, 0.4) is 0 Å². The highest BCUT2D eigenvalue weighted by Gasteiger charge is 2.13. The molecular formula is C17H21FN2. The van der Waals surface area contributed by atoms with Gasteiger partial charge in [-0.1, -0.05) is 48.5 Å². The maximum absolute atomic E-state index is 13.6. The Hall–Kier alpha value is -1.71. The second-order valence-electron chi connectivity index (χ2n) is 5.13. The van der Waals surface area contributed by atoms with Crippen LogP contribution in [0.1, 0.15) is 17.0 Å². The smallest absolute Gasteiger partial charge is 0.127 e. The average Bonchev–Trinajstić information content (AvgIpc) is 2.48. The van der Waals surface area contributed by atoms with Crippen LogP contribution >= 0.6 is 0 Å². The number of nitrogens with zero attached hydrogens (tertiary/aromatic N) is 1. The zero-order valence-electron chi connectivity index (χ0n) is 11.8. The van der Waals surface area contributed by atoms with Crippen LogP contribution < -0.4 is 5.73 Å². The highest BCUT2D eigenvalue weighted by atomic mass is 19.1. The molecule has 0 saturated heterocycles. The first-order valence-electron chi connectivity index (χ1n) is 6.87. The predicted molar refractivity (Wildman–Crippen MR) is 81.0 cm³/mol. The Morgan fingerprint density at radius 2 is 1.70 bits per heavy atom. The molecule has 2 aromatic rings. The normalized spacial score (nSPS) is 12.6. The van der Waals surface area contributed by atoms with Gasteiger partial charge in [0.1, 0.15) is 5.82 Å². The first kappa shape index (κ1) is 14.7. The van der Waals surface area contributed by atoms with E-state index in [1.165, 1.54) is 11.6 Å². The molecule has 2 N–H and O–H groups in total. The molecule has 0 aromatic heterocycles. The minimum absolute atomic E-state index is 0.150. The van der Waals surface area contributed by atoms with E-state index in [0.29, 0.717) is 13.1 Å². The molecule has 0 aliphatic carbocycles. The van der Waals surface area contributed by atoms with Crippen molar-refractivity contribution in [1.82, 2.24) is 4.90 Å². The van der Waals surface area contributed by atoms with E-state index in [1.54, 1.807) is 6.07 Å². The Balaban J connectivity index is 2.00. The molecule has 1 atom stereocenters. The molecule has 3 heteroatoms. The minimum atomic E-state index is -0.150. The van der Waals surface area contributed by atoms with Gasteiger partial charge in [-0.3, -0.25) is 0 Å². The van der Waals surface area contributed by atoms with Crippen LogP contribution in [0.5, 0.6) is 0 Å². The standard InChI is InChI=1S/C17H21FN2/c1-20(12-15-9-5-6-10-17(15)18)13-16(11-19)14-7-3-2-4-8-14/h2-10,16H,11-13,19H2,1H3. The quantitative estimate of drug-likeness (QED) is 0.876. The molecule has 2 nitrogen and oxygen atoms in total. The molecule has 106 valence electrons. The summed E-state index contributed by atoms with van der Waals surface area (Å²) in [5.41, 5.74) is 7.83. The Bertz CT molecular complexity index is 528. The molecule has 0 spiro atoms. The molecule has 1 unspecified atom stereocenters. The van der Waals surface area contributed by atoms with Gasteiger partial charge in [-0.2, -0.15) is 0 Å². The lowest BCUT2D eigenvalue weighted by Crippen LogP contribution is -2.28. The highest BCUT2D eigenvalue weighted by Crippen LogP contribution is 2.17. The maximum atomic E-state index is 13.6. The van der Waals surface area contributed by atoms with Crippen molar-refractivity contribution in [2.24, 2.45) is 5.73 Å². The van der Waals surface area contributed by atoms with Crippen LogP contribution in [0, 0.1) is 5.82 Å². The lowest BCUT2D eigenvalue weighted by molar-refractivity contribution is 0.300. The van der Waals surface area contributed by atoms with Crippen LogP contribution in [-0.2, 0) is 6.54 Å². The van der Waals surface area contributed by atoms with Crippen molar-refractivity contribution in [3.8, 4) is 0 Å². The van der Waals surface area contributed by atoms with Crippen molar-refractivity contribution in [1.29, 1.82) is 0 Å². The molecule has 0 fully saturated rings. The largest absolute Gasteiger partial charge is 0.330 e. The van der Waals surface area contributed by atoms with Gasteiger partial charge in [-0.15, -0.1) is 0 Å². The van der Waals surface area contributed by atoms with E-state index in [1.807, 2.05) is 37.4 Å². The summed E-state index contributed by atoms with van der Waals surface area (Å²) in [6.07, 6.45) is 0. The number of likely N-dealkylation sites (N-methyl/N-ethyl adjacent to an activating group) is 1. The molecule has 0 bridgehead atoms. The molecule has 2 aromatic carbocycles. The van der Waals surface area contributed by atoms with Gasteiger partial charge in [0.15, 0.2) is 0 Å². The second-order valence-corrected chi connectivity index (χ2v) is 5.13. The summed E-state index contributed by atoms with van der Waals surface area (Å²) in [6, 6.07) is 17.1. The third-order valence-corrected chi connectivity index (χ3v) is 3.49. The van der Waals surface area contributed by atoms with Gasteiger partial charge in [0.05, 0.1) is 0 Å². The zero-order chi connectivity index (χ0) is 14.4.